The van der Waals surface area contributed by atoms with Crippen LogP contribution >= 0.6 is 22.7 Å². The lowest BCUT2D eigenvalue weighted by atomic mass is 10.0. The fourth-order valence-corrected chi connectivity index (χ4v) is 5.52. The van der Waals surface area contributed by atoms with E-state index in [1.54, 1.807) is 34.9 Å². The lowest BCUT2D eigenvalue weighted by Crippen LogP contribution is -2.08. The number of rotatable bonds is 5. The molecule has 0 bridgehead atoms. The van der Waals surface area contributed by atoms with Crippen molar-refractivity contribution in [2.75, 3.05) is 0 Å². The van der Waals surface area contributed by atoms with Crippen molar-refractivity contribution < 1.29 is 19.1 Å². The number of fused-ring (bicyclic) bond motifs is 2. The third-order valence-electron chi connectivity index (χ3n) is 4.61. The zero-order valence-electron chi connectivity index (χ0n) is 14.9. The summed E-state index contributed by atoms with van der Waals surface area (Å²) in [7, 11) is 0. The Hall–Kier alpha value is -3.29. The zero-order chi connectivity index (χ0) is 20.0. The van der Waals surface area contributed by atoms with Crippen molar-refractivity contribution in [3.8, 4) is 9.75 Å². The molecule has 29 heavy (non-hydrogen) atoms. The molecular weight excluding hydrogens is 406 g/mol. The molecule has 0 spiro atoms. The number of ketones is 1. The highest BCUT2D eigenvalue weighted by Crippen LogP contribution is 2.40. The van der Waals surface area contributed by atoms with E-state index in [-0.39, 0.29) is 23.7 Å². The van der Waals surface area contributed by atoms with E-state index in [0.29, 0.717) is 21.5 Å². The number of carbonyl (C=O) groups is 2. The normalized spacial score (nSPS) is 11.3. The monoisotopic (exact) mass is 419 g/mol. The van der Waals surface area contributed by atoms with Crippen LogP contribution in [0.4, 0.5) is 0 Å². The number of carboxylic acids is 1. The van der Waals surface area contributed by atoms with E-state index in [4.69, 9.17) is 4.42 Å². The molecule has 5 nitrogen and oxygen atoms in total. The smallest absolute Gasteiger partial charge is 0.337 e. The van der Waals surface area contributed by atoms with Gasteiger partial charge in [0.1, 0.15) is 5.52 Å². The molecule has 0 aliphatic carbocycles. The quantitative estimate of drug-likeness (QED) is 0.359. The van der Waals surface area contributed by atoms with Crippen LogP contribution in [-0.2, 0) is 6.42 Å². The number of carboxylic acid groups (broad SMARTS) is 1. The number of benzene rings is 2. The molecule has 0 fully saturated rings. The lowest BCUT2D eigenvalue weighted by molar-refractivity contribution is 0.0697. The molecule has 0 aliphatic rings. The molecule has 0 saturated heterocycles. The van der Waals surface area contributed by atoms with Crippen LogP contribution in [0.3, 0.4) is 0 Å². The summed E-state index contributed by atoms with van der Waals surface area (Å²) in [6.07, 6.45) is -0.0736. The van der Waals surface area contributed by atoms with Gasteiger partial charge in [0, 0.05) is 16.0 Å². The summed E-state index contributed by atoms with van der Waals surface area (Å²) in [6, 6.07) is 17.0. The topological polar surface area (TPSA) is 80.4 Å². The lowest BCUT2D eigenvalue weighted by Gasteiger charge is -2.01. The number of thiophene rings is 2. The van der Waals surface area contributed by atoms with Crippen molar-refractivity contribution in [3.05, 3.63) is 77.0 Å². The highest BCUT2D eigenvalue weighted by Gasteiger charge is 2.24. The first-order valence-electron chi connectivity index (χ1n) is 8.81. The summed E-state index contributed by atoms with van der Waals surface area (Å²) >= 11 is 2.89. The number of hydrogen-bond donors (Lipinski definition) is 1. The van der Waals surface area contributed by atoms with Gasteiger partial charge < -0.3 is 9.52 Å². The predicted octanol–water partition coefficient (Wildman–Crippen LogP) is 5.89. The van der Waals surface area contributed by atoms with Crippen LogP contribution in [0.15, 0.2) is 64.4 Å². The van der Waals surface area contributed by atoms with E-state index >= 15 is 0 Å². The van der Waals surface area contributed by atoms with Gasteiger partial charge in [0.15, 0.2) is 5.58 Å². The van der Waals surface area contributed by atoms with Gasteiger partial charge >= 0.3 is 5.97 Å². The number of aromatic carboxylic acids is 1. The largest absolute Gasteiger partial charge is 0.478 e. The Balaban J connectivity index is 1.52. The molecule has 2 aromatic carbocycles. The molecule has 3 aromatic heterocycles. The maximum atomic E-state index is 12.7. The first-order valence-corrected chi connectivity index (χ1v) is 10.5. The fourth-order valence-electron chi connectivity index (χ4n) is 3.27. The van der Waals surface area contributed by atoms with Crippen LogP contribution in [0.5, 0.6) is 0 Å². The SMILES string of the molecule is O=C(Cc1csc(-c2cc3ccccc3s2)c1C(=O)O)c1nc2ccccc2o1. The molecule has 0 aliphatic heterocycles. The first-order chi connectivity index (χ1) is 14.1. The Labute approximate surface area is 172 Å². The van der Waals surface area contributed by atoms with E-state index in [0.717, 1.165) is 15.0 Å². The van der Waals surface area contributed by atoms with Gasteiger partial charge in [-0.3, -0.25) is 4.79 Å². The van der Waals surface area contributed by atoms with E-state index < -0.39 is 5.97 Å². The second-order valence-electron chi connectivity index (χ2n) is 6.51. The molecule has 1 N–H and O–H groups in total. The van der Waals surface area contributed by atoms with Crippen LogP contribution in [0.2, 0.25) is 0 Å². The van der Waals surface area contributed by atoms with Crippen LogP contribution in [0.1, 0.15) is 26.6 Å². The predicted molar refractivity (Wildman–Crippen MR) is 114 cm³/mol. The van der Waals surface area contributed by atoms with Gasteiger partial charge in [-0.05, 0) is 40.6 Å². The summed E-state index contributed by atoms with van der Waals surface area (Å²) < 4.78 is 6.62. The minimum absolute atomic E-state index is 0.00264. The summed E-state index contributed by atoms with van der Waals surface area (Å²) in [5.74, 6) is -1.39. The van der Waals surface area contributed by atoms with Crippen molar-refractivity contribution >= 4 is 55.6 Å². The maximum Gasteiger partial charge on any atom is 0.337 e. The number of para-hydroxylation sites is 2. The standard InChI is InChI=1S/C22H13NO4S2/c24-15(21-23-14-6-2-3-7-16(14)27-21)9-13-11-28-20(19(13)22(25)26)18-10-12-5-1-4-8-17(12)29-18/h1-8,10-11H,9H2,(H,25,26). The number of hydrogen-bond acceptors (Lipinski definition) is 6. The molecule has 142 valence electrons. The average molecular weight is 419 g/mol. The molecular formula is C22H13NO4S2. The van der Waals surface area contributed by atoms with Gasteiger partial charge in [0.2, 0.25) is 5.78 Å². The maximum absolute atomic E-state index is 12.7. The van der Waals surface area contributed by atoms with E-state index in [1.807, 2.05) is 36.4 Å². The number of oxazole rings is 1. The second kappa shape index (κ2) is 6.95. The molecule has 7 heteroatoms. The van der Waals surface area contributed by atoms with Crippen LogP contribution < -0.4 is 0 Å². The Bertz CT molecular complexity index is 1330. The average Bonchev–Trinajstić information content (AvgIpc) is 3.43. The minimum atomic E-state index is -1.04. The van der Waals surface area contributed by atoms with Crippen molar-refractivity contribution in [3.63, 3.8) is 0 Å². The Morgan fingerprint density at radius 1 is 1.07 bits per heavy atom. The second-order valence-corrected chi connectivity index (χ2v) is 8.47. The van der Waals surface area contributed by atoms with E-state index in [1.165, 1.54) is 11.3 Å². The van der Waals surface area contributed by atoms with Gasteiger partial charge in [0.25, 0.3) is 5.89 Å². The molecule has 0 amide bonds. The summed E-state index contributed by atoms with van der Waals surface area (Å²) in [4.78, 5) is 30.5. The van der Waals surface area contributed by atoms with Crippen LogP contribution in [-0.4, -0.2) is 21.8 Å². The molecule has 5 aromatic rings. The number of nitrogens with zero attached hydrogens (tertiary/aromatic N) is 1. The third-order valence-corrected chi connectivity index (χ3v) is 6.94. The van der Waals surface area contributed by atoms with Crippen LogP contribution in [0.25, 0.3) is 30.9 Å². The first kappa shape index (κ1) is 17.8. The molecule has 0 saturated carbocycles. The van der Waals surface area contributed by atoms with Gasteiger partial charge in [-0.15, -0.1) is 22.7 Å². The van der Waals surface area contributed by atoms with Gasteiger partial charge in [-0.1, -0.05) is 30.3 Å². The number of aromatic nitrogens is 1. The third kappa shape index (κ3) is 3.14. The Morgan fingerprint density at radius 2 is 1.86 bits per heavy atom. The van der Waals surface area contributed by atoms with Gasteiger partial charge in [-0.25, -0.2) is 9.78 Å². The molecule has 5 rings (SSSR count). The van der Waals surface area contributed by atoms with E-state index in [2.05, 4.69) is 4.98 Å². The van der Waals surface area contributed by atoms with E-state index in [9.17, 15) is 14.7 Å². The van der Waals surface area contributed by atoms with Crippen molar-refractivity contribution in [1.29, 1.82) is 0 Å². The van der Waals surface area contributed by atoms with Crippen molar-refractivity contribution in [2.45, 2.75) is 6.42 Å². The highest BCUT2D eigenvalue weighted by molar-refractivity contribution is 7.25. The summed E-state index contributed by atoms with van der Waals surface area (Å²) in [5.41, 5.74) is 1.78. The van der Waals surface area contributed by atoms with Crippen molar-refractivity contribution in [1.82, 2.24) is 4.98 Å². The molecule has 0 unspecified atom stereocenters. The van der Waals surface area contributed by atoms with Crippen molar-refractivity contribution in [2.24, 2.45) is 0 Å². The Kier molecular flexibility index (Phi) is 4.26. The summed E-state index contributed by atoms with van der Waals surface area (Å²) in [6.45, 7) is 0. The minimum Gasteiger partial charge on any atom is -0.478 e. The summed E-state index contributed by atoms with van der Waals surface area (Å²) in [5, 5.41) is 12.6. The highest BCUT2D eigenvalue weighted by atomic mass is 32.1. The molecule has 0 radical (unpaired) electrons. The number of carbonyl (C=O) groups excluding carboxylic acids is 1. The fraction of sp³-hybridized carbons (Fsp3) is 0.0455. The van der Waals surface area contributed by atoms with Gasteiger partial charge in [0.05, 0.1) is 10.4 Å². The molecule has 3 heterocycles. The van der Waals surface area contributed by atoms with Gasteiger partial charge in [-0.2, -0.15) is 0 Å². The Morgan fingerprint density at radius 3 is 2.66 bits per heavy atom. The van der Waals surface area contributed by atoms with Crippen LogP contribution in [0, 0.1) is 0 Å². The molecule has 0 atom stereocenters. The zero-order valence-corrected chi connectivity index (χ0v) is 16.5. The number of Topliss-reactive ketones (excluding diaryl/α,β-unsaturated/α-hetero) is 1.